The molecule has 20 nitrogen and oxygen atoms in total. The van der Waals surface area contributed by atoms with Crippen molar-refractivity contribution in [3.8, 4) is 0 Å². The van der Waals surface area contributed by atoms with Crippen LogP contribution in [0.2, 0.25) is 0 Å². The van der Waals surface area contributed by atoms with Crippen molar-refractivity contribution in [1.82, 2.24) is 0 Å². The average molecular weight is 1080 g/mol. The molecule has 5 aliphatic heterocycles. The molecule has 5 heterocycles. The van der Waals surface area contributed by atoms with Gasteiger partial charge in [-0.05, 0) is 84.0 Å². The minimum absolute atomic E-state index is 0.00510. The minimum Gasteiger partial charge on any atom is -0.458 e. The van der Waals surface area contributed by atoms with Crippen molar-refractivity contribution in [2.24, 2.45) is 58.2 Å². The van der Waals surface area contributed by atoms with Gasteiger partial charge in [0.2, 0.25) is 0 Å². The molecule has 0 aromatic rings. The van der Waals surface area contributed by atoms with Gasteiger partial charge >= 0.3 is 59.7 Å². The third kappa shape index (κ3) is 10.7. The zero-order valence-corrected chi connectivity index (χ0v) is 44.3. The number of rotatable bonds is 10. The van der Waals surface area contributed by atoms with E-state index in [1.807, 2.05) is 20.8 Å². The van der Waals surface area contributed by atoms with Gasteiger partial charge in [-0.15, -0.1) is 0 Å². The maximum absolute atomic E-state index is 11.7. The van der Waals surface area contributed by atoms with Gasteiger partial charge in [0.1, 0.15) is 60.0 Å². The molecule has 19 unspecified atom stereocenters. The van der Waals surface area contributed by atoms with E-state index >= 15 is 0 Å². The van der Waals surface area contributed by atoms with Crippen LogP contribution < -0.4 is 0 Å². The average Bonchev–Trinajstić information content (AvgIpc) is 4.49. The standard InChI is InChI=1S/C13H16O4.C12H14O4.2C11H14O4.C10H12O4/c1-4-8(14)16-10-7-5-6-9(13(7,2)3)11(10)17-12(6)15;1-3-9(13)16-12(2)6-4-7-8(5-6)11(14)15-10(7)12;1-3-9(12)14-7-4-5-11(2)6-8(7)15-10(11)13;1-3-9(12)15-11(2)5-4-7-6-8(11)14-10(7)13;1-2-9(11)13-7-4-3-6-5-8(7)14-10(6)12/h4,6-7,9-11H,1,5H2,2-3H3;3,6-8,10H,1,4-5H2,2H3;2*3,7-8H,1,4-6H2,2H3;2,6-8H,1,3-5H2. The molecule has 7 aliphatic carbocycles. The van der Waals surface area contributed by atoms with Gasteiger partial charge in [0.25, 0.3) is 0 Å². The summed E-state index contributed by atoms with van der Waals surface area (Å²) in [6.07, 6.45) is 12.4. The Morgan fingerprint density at radius 1 is 0.545 bits per heavy atom. The fraction of sp³-hybridized carbons (Fsp3) is 0.649. The molecule has 0 N–H and O–H groups in total. The van der Waals surface area contributed by atoms with E-state index in [1.165, 1.54) is 0 Å². The quantitative estimate of drug-likeness (QED) is 0.147. The lowest BCUT2D eigenvalue weighted by Gasteiger charge is -2.35. The van der Waals surface area contributed by atoms with Gasteiger partial charge in [-0.1, -0.05) is 46.7 Å². The fourth-order valence-corrected chi connectivity index (χ4v) is 14.2. The smallest absolute Gasteiger partial charge is 0.330 e. The number of esters is 10. The molecule has 12 rings (SSSR count). The molecule has 20 heteroatoms. The first-order valence-electron chi connectivity index (χ1n) is 26.6. The lowest BCUT2D eigenvalue weighted by molar-refractivity contribution is -0.174. The fourth-order valence-electron chi connectivity index (χ4n) is 14.2. The Kier molecular flexibility index (Phi) is 15.9. The van der Waals surface area contributed by atoms with E-state index in [2.05, 4.69) is 46.7 Å². The Hall–Kier alpha value is -6.60. The van der Waals surface area contributed by atoms with E-state index in [0.29, 0.717) is 38.5 Å². The Morgan fingerprint density at radius 2 is 1.13 bits per heavy atom. The largest absolute Gasteiger partial charge is 0.458 e. The van der Waals surface area contributed by atoms with Crippen LogP contribution in [0.4, 0.5) is 0 Å². The predicted molar refractivity (Wildman–Crippen MR) is 264 cm³/mol. The monoisotopic (exact) mass is 1070 g/mol. The van der Waals surface area contributed by atoms with Crippen molar-refractivity contribution in [3.63, 3.8) is 0 Å². The molecule has 0 spiro atoms. The highest BCUT2D eigenvalue weighted by molar-refractivity contribution is 5.85. The summed E-state index contributed by atoms with van der Waals surface area (Å²) >= 11 is 0. The predicted octanol–water partition coefficient (Wildman–Crippen LogP) is 5.57. The van der Waals surface area contributed by atoms with Crippen molar-refractivity contribution in [3.05, 3.63) is 63.3 Å². The SMILES string of the molecule is C=CC(=O)OC1(C)C2CC3C(=O)OC1C3C2.C=CC(=O)OC1(C)CCC2CC1OC2=O.C=CC(=O)OC1C2OC(=O)C3CC1C(C)(C)C32.C=CC(=O)OC1CCC2(C)CC1OC2=O.C=CC(=O)OC1CCC2CC1OC2=O. The number of hydrogen-bond donors (Lipinski definition) is 0. The van der Waals surface area contributed by atoms with Gasteiger partial charge in [0.05, 0.1) is 29.1 Å². The van der Waals surface area contributed by atoms with Gasteiger partial charge in [-0.2, -0.15) is 0 Å². The molecule has 0 amide bonds. The molecule has 0 radical (unpaired) electrons. The Bertz CT molecular complexity index is 2510. The van der Waals surface area contributed by atoms with E-state index in [0.717, 1.165) is 68.9 Å². The number of carbonyl (C=O) groups excluding carboxylic acids is 10. The van der Waals surface area contributed by atoms with Crippen molar-refractivity contribution >= 4 is 59.7 Å². The summed E-state index contributed by atoms with van der Waals surface area (Å²) in [5.41, 5.74) is -1.66. The topological polar surface area (TPSA) is 263 Å². The zero-order chi connectivity index (χ0) is 56.1. The second-order valence-electron chi connectivity index (χ2n) is 23.3. The van der Waals surface area contributed by atoms with Crippen LogP contribution in [-0.4, -0.2) is 120 Å². The summed E-state index contributed by atoms with van der Waals surface area (Å²) in [4.78, 5) is 113. The van der Waals surface area contributed by atoms with E-state index in [4.69, 9.17) is 47.4 Å². The van der Waals surface area contributed by atoms with Gasteiger partial charge in [0, 0.05) is 73.3 Å². The Balaban J connectivity index is 0.000000127. The third-order valence-corrected chi connectivity index (χ3v) is 18.5. The summed E-state index contributed by atoms with van der Waals surface area (Å²) < 4.78 is 52.5. The first-order valence-corrected chi connectivity index (χ1v) is 26.6. The first kappa shape index (κ1) is 56.6. The summed E-state index contributed by atoms with van der Waals surface area (Å²) in [6, 6.07) is 0. The number of carbonyl (C=O) groups is 10. The van der Waals surface area contributed by atoms with Gasteiger partial charge in [0.15, 0.2) is 0 Å². The molecule has 10 bridgehead atoms. The molecule has 5 saturated heterocycles. The Labute approximate surface area is 446 Å². The van der Waals surface area contributed by atoms with E-state index in [1.54, 1.807) is 0 Å². The molecule has 12 aliphatic rings. The van der Waals surface area contributed by atoms with Crippen LogP contribution in [0, 0.1) is 58.2 Å². The van der Waals surface area contributed by atoms with Crippen LogP contribution in [0.15, 0.2) is 63.3 Å². The summed E-state index contributed by atoms with van der Waals surface area (Å²) in [5, 5.41) is 0. The van der Waals surface area contributed by atoms with Crippen molar-refractivity contribution in [1.29, 1.82) is 0 Å². The lowest BCUT2D eigenvalue weighted by Crippen LogP contribution is -2.47. The molecule has 77 heavy (non-hydrogen) atoms. The number of fused-ring (bicyclic) bond motifs is 8. The van der Waals surface area contributed by atoms with Gasteiger partial charge in [-0.25, -0.2) is 24.0 Å². The molecular weight excluding hydrogens is 1000 g/mol. The zero-order valence-electron chi connectivity index (χ0n) is 44.3. The Morgan fingerprint density at radius 3 is 1.78 bits per heavy atom. The maximum atomic E-state index is 11.7. The normalized spacial score (nSPS) is 41.1. The van der Waals surface area contributed by atoms with Crippen LogP contribution in [0.1, 0.15) is 112 Å². The van der Waals surface area contributed by atoms with Crippen molar-refractivity contribution < 1.29 is 95.3 Å². The number of ether oxygens (including phenoxy) is 10. The van der Waals surface area contributed by atoms with Gasteiger partial charge in [-0.3, -0.25) is 24.0 Å². The van der Waals surface area contributed by atoms with Crippen LogP contribution in [0.3, 0.4) is 0 Å². The van der Waals surface area contributed by atoms with Crippen molar-refractivity contribution in [2.45, 2.75) is 172 Å². The summed E-state index contributed by atoms with van der Waals surface area (Å²) in [5.74, 6) is -1.91. The molecule has 0 aromatic carbocycles. The molecule has 0 aromatic heterocycles. The van der Waals surface area contributed by atoms with Crippen LogP contribution >= 0.6 is 0 Å². The highest BCUT2D eigenvalue weighted by atomic mass is 16.6. The van der Waals surface area contributed by atoms with Crippen molar-refractivity contribution in [2.75, 3.05) is 0 Å². The molecular formula is C57H70O20. The second kappa shape index (κ2) is 21.7. The second-order valence-corrected chi connectivity index (χ2v) is 23.3. The highest BCUT2D eigenvalue weighted by Crippen LogP contribution is 2.65. The molecule has 418 valence electrons. The number of hydrogen-bond acceptors (Lipinski definition) is 20. The molecule has 12 fully saturated rings. The molecule has 7 saturated carbocycles. The van der Waals surface area contributed by atoms with Gasteiger partial charge < -0.3 is 47.4 Å². The van der Waals surface area contributed by atoms with E-state index in [9.17, 15) is 47.9 Å². The molecule has 19 atom stereocenters. The van der Waals surface area contributed by atoms with Crippen LogP contribution in [0.25, 0.3) is 0 Å². The first-order chi connectivity index (χ1) is 36.3. The summed E-state index contributed by atoms with van der Waals surface area (Å²) in [7, 11) is 0. The van der Waals surface area contributed by atoms with Crippen LogP contribution in [-0.2, 0) is 95.3 Å². The third-order valence-electron chi connectivity index (χ3n) is 18.5. The van der Waals surface area contributed by atoms with E-state index < -0.39 is 41.0 Å². The van der Waals surface area contributed by atoms with E-state index in [-0.39, 0.29) is 137 Å². The maximum Gasteiger partial charge on any atom is 0.330 e. The highest BCUT2D eigenvalue weighted by Gasteiger charge is 2.72. The lowest BCUT2D eigenvalue weighted by atomic mass is 9.76. The minimum atomic E-state index is -0.673. The van der Waals surface area contributed by atoms with Crippen LogP contribution in [0.5, 0.6) is 0 Å². The summed E-state index contributed by atoms with van der Waals surface area (Å²) in [6.45, 7) is 26.7.